The van der Waals surface area contributed by atoms with Gasteiger partial charge in [0.2, 0.25) is 0 Å². The summed E-state index contributed by atoms with van der Waals surface area (Å²) in [6.07, 6.45) is 5.61. The summed E-state index contributed by atoms with van der Waals surface area (Å²) in [5.41, 5.74) is 6.53. The number of pyridine rings is 1. The number of carbonyl (C=O) groups excluding carboxylic acids is 1. The molecule has 1 aliphatic carbocycles. The van der Waals surface area contributed by atoms with Gasteiger partial charge in [0.1, 0.15) is 0 Å². The van der Waals surface area contributed by atoms with Crippen LogP contribution in [0.25, 0.3) is 0 Å². The average Bonchev–Trinajstić information content (AvgIpc) is 3.20. The predicted molar refractivity (Wildman–Crippen MR) is 69.8 cm³/mol. The van der Waals surface area contributed by atoms with Crippen molar-refractivity contribution >= 4 is 5.91 Å². The standard InChI is InChI=1S/C14H17N3O/c1-10(11-4-5-11)17-14(18)13-6-8-16-9-12(13)3-2-7-15/h6,8-11H,4-5,7,15H2,1H3,(H,17,18). The quantitative estimate of drug-likeness (QED) is 0.776. The molecule has 1 amide bonds. The lowest BCUT2D eigenvalue weighted by Crippen LogP contribution is -2.34. The smallest absolute Gasteiger partial charge is 0.252 e. The summed E-state index contributed by atoms with van der Waals surface area (Å²) in [4.78, 5) is 16.1. The van der Waals surface area contributed by atoms with E-state index in [2.05, 4.69) is 22.1 Å². The molecule has 0 saturated heterocycles. The lowest BCUT2D eigenvalue weighted by molar-refractivity contribution is 0.0935. The first-order valence-corrected chi connectivity index (χ1v) is 6.16. The van der Waals surface area contributed by atoms with Gasteiger partial charge in [0.05, 0.1) is 17.7 Å². The van der Waals surface area contributed by atoms with Gasteiger partial charge in [-0.3, -0.25) is 9.78 Å². The van der Waals surface area contributed by atoms with Crippen molar-refractivity contribution in [3.05, 3.63) is 29.6 Å². The van der Waals surface area contributed by atoms with Crippen molar-refractivity contribution < 1.29 is 4.79 Å². The van der Waals surface area contributed by atoms with Crippen LogP contribution in [0.15, 0.2) is 18.5 Å². The Morgan fingerprint density at radius 1 is 1.67 bits per heavy atom. The number of nitrogens with zero attached hydrogens (tertiary/aromatic N) is 1. The van der Waals surface area contributed by atoms with Gasteiger partial charge in [-0.2, -0.15) is 0 Å². The highest BCUT2D eigenvalue weighted by Crippen LogP contribution is 2.32. The molecule has 94 valence electrons. The maximum absolute atomic E-state index is 12.1. The summed E-state index contributed by atoms with van der Waals surface area (Å²) < 4.78 is 0. The highest BCUT2D eigenvalue weighted by atomic mass is 16.1. The van der Waals surface area contributed by atoms with Crippen LogP contribution in [0.4, 0.5) is 0 Å². The number of aromatic nitrogens is 1. The molecule has 2 rings (SSSR count). The van der Waals surface area contributed by atoms with Crippen LogP contribution in [-0.4, -0.2) is 23.5 Å². The van der Waals surface area contributed by atoms with E-state index in [-0.39, 0.29) is 18.5 Å². The highest BCUT2D eigenvalue weighted by Gasteiger charge is 2.29. The van der Waals surface area contributed by atoms with Crippen LogP contribution < -0.4 is 11.1 Å². The van der Waals surface area contributed by atoms with Gasteiger partial charge >= 0.3 is 0 Å². The zero-order valence-electron chi connectivity index (χ0n) is 10.4. The molecule has 1 aromatic rings. The first kappa shape index (κ1) is 12.6. The molecule has 0 bridgehead atoms. The molecule has 1 unspecified atom stereocenters. The van der Waals surface area contributed by atoms with E-state index >= 15 is 0 Å². The summed E-state index contributed by atoms with van der Waals surface area (Å²) in [6.45, 7) is 2.32. The number of hydrogen-bond donors (Lipinski definition) is 2. The molecule has 3 N–H and O–H groups in total. The Hall–Kier alpha value is -1.86. The molecule has 1 atom stereocenters. The average molecular weight is 243 g/mol. The van der Waals surface area contributed by atoms with Gasteiger partial charge < -0.3 is 11.1 Å². The summed E-state index contributed by atoms with van der Waals surface area (Å²) in [5.74, 6) is 6.17. The molecular weight excluding hydrogens is 226 g/mol. The molecule has 1 saturated carbocycles. The van der Waals surface area contributed by atoms with Crippen molar-refractivity contribution in [1.29, 1.82) is 0 Å². The molecule has 18 heavy (non-hydrogen) atoms. The fourth-order valence-corrected chi connectivity index (χ4v) is 1.84. The van der Waals surface area contributed by atoms with Crippen molar-refractivity contribution in [3.8, 4) is 11.8 Å². The predicted octanol–water partition coefficient (Wildman–Crippen LogP) is 0.920. The molecule has 0 radical (unpaired) electrons. The fourth-order valence-electron chi connectivity index (χ4n) is 1.84. The summed E-state index contributed by atoms with van der Waals surface area (Å²) >= 11 is 0. The molecule has 0 aromatic carbocycles. The maximum Gasteiger partial charge on any atom is 0.252 e. The lowest BCUT2D eigenvalue weighted by Gasteiger charge is -2.13. The first-order valence-electron chi connectivity index (χ1n) is 6.16. The Morgan fingerprint density at radius 3 is 3.11 bits per heavy atom. The number of carbonyl (C=O) groups is 1. The molecule has 1 fully saturated rings. The Labute approximate surface area is 107 Å². The van der Waals surface area contributed by atoms with Crippen molar-refractivity contribution in [2.45, 2.75) is 25.8 Å². The van der Waals surface area contributed by atoms with Gasteiger partial charge in [0, 0.05) is 18.4 Å². The Kier molecular flexibility index (Phi) is 3.96. The fraction of sp³-hybridized carbons (Fsp3) is 0.429. The van der Waals surface area contributed by atoms with Gasteiger partial charge in [-0.25, -0.2) is 0 Å². The second kappa shape index (κ2) is 5.65. The minimum absolute atomic E-state index is 0.0851. The van der Waals surface area contributed by atoms with Crippen molar-refractivity contribution in [3.63, 3.8) is 0 Å². The van der Waals surface area contributed by atoms with Crippen LogP contribution in [0.5, 0.6) is 0 Å². The Bertz CT molecular complexity index is 497. The zero-order chi connectivity index (χ0) is 13.0. The van der Waals surface area contributed by atoms with Crippen molar-refractivity contribution in [2.24, 2.45) is 11.7 Å². The summed E-state index contributed by atoms with van der Waals surface area (Å²) in [7, 11) is 0. The van der Waals surface area contributed by atoms with Crippen molar-refractivity contribution in [2.75, 3.05) is 6.54 Å². The highest BCUT2D eigenvalue weighted by molar-refractivity contribution is 5.96. The van der Waals surface area contributed by atoms with E-state index in [0.717, 1.165) is 0 Å². The van der Waals surface area contributed by atoms with Gasteiger partial charge in [0.15, 0.2) is 0 Å². The van der Waals surface area contributed by atoms with E-state index in [4.69, 9.17) is 5.73 Å². The van der Waals surface area contributed by atoms with Crippen LogP contribution in [0, 0.1) is 17.8 Å². The van der Waals surface area contributed by atoms with Gasteiger partial charge in [-0.1, -0.05) is 11.8 Å². The lowest BCUT2D eigenvalue weighted by atomic mass is 10.1. The van der Waals surface area contributed by atoms with Gasteiger partial charge in [-0.15, -0.1) is 0 Å². The first-order chi connectivity index (χ1) is 8.72. The van der Waals surface area contributed by atoms with Gasteiger partial charge in [0.25, 0.3) is 5.91 Å². The SMILES string of the molecule is CC(NC(=O)c1ccncc1C#CCN)C1CC1. The van der Waals surface area contributed by atoms with E-state index < -0.39 is 0 Å². The van der Waals surface area contributed by atoms with E-state index in [1.165, 1.54) is 12.8 Å². The number of amides is 1. The van der Waals surface area contributed by atoms with Gasteiger partial charge in [-0.05, 0) is 31.7 Å². The van der Waals surface area contributed by atoms with Crippen LogP contribution in [-0.2, 0) is 0 Å². The largest absolute Gasteiger partial charge is 0.349 e. The summed E-state index contributed by atoms with van der Waals surface area (Å²) in [5, 5.41) is 3.01. The van der Waals surface area contributed by atoms with Crippen LogP contribution in [0.3, 0.4) is 0 Å². The number of nitrogens with one attached hydrogen (secondary N) is 1. The van der Waals surface area contributed by atoms with Crippen LogP contribution in [0.1, 0.15) is 35.7 Å². The van der Waals surface area contributed by atoms with Crippen molar-refractivity contribution in [1.82, 2.24) is 10.3 Å². The Morgan fingerprint density at radius 2 is 2.44 bits per heavy atom. The third kappa shape index (κ3) is 3.08. The third-order valence-corrected chi connectivity index (χ3v) is 3.08. The van der Waals surface area contributed by atoms with E-state index in [0.29, 0.717) is 17.0 Å². The molecule has 0 spiro atoms. The van der Waals surface area contributed by atoms with Crippen LogP contribution in [0.2, 0.25) is 0 Å². The molecule has 1 heterocycles. The third-order valence-electron chi connectivity index (χ3n) is 3.08. The van der Waals surface area contributed by atoms with E-state index in [1.54, 1.807) is 18.5 Å². The Balaban J connectivity index is 2.13. The second-order valence-electron chi connectivity index (χ2n) is 4.53. The van der Waals surface area contributed by atoms with E-state index in [9.17, 15) is 4.79 Å². The minimum atomic E-state index is -0.0851. The minimum Gasteiger partial charge on any atom is -0.349 e. The number of nitrogens with two attached hydrogens (primary N) is 1. The molecule has 4 nitrogen and oxygen atoms in total. The monoisotopic (exact) mass is 243 g/mol. The second-order valence-corrected chi connectivity index (χ2v) is 4.53. The number of rotatable bonds is 3. The molecular formula is C14H17N3O. The maximum atomic E-state index is 12.1. The summed E-state index contributed by atoms with van der Waals surface area (Å²) in [6, 6.07) is 1.91. The molecule has 4 heteroatoms. The van der Waals surface area contributed by atoms with E-state index in [1.807, 2.05) is 6.92 Å². The number of hydrogen-bond acceptors (Lipinski definition) is 3. The normalized spacial score (nSPS) is 15.4. The molecule has 1 aromatic heterocycles. The topological polar surface area (TPSA) is 68.0 Å². The molecule has 1 aliphatic rings. The van der Waals surface area contributed by atoms with Crippen LogP contribution >= 0.6 is 0 Å². The zero-order valence-corrected chi connectivity index (χ0v) is 10.4. The molecule has 0 aliphatic heterocycles.